The first-order valence-electron chi connectivity index (χ1n) is 9.59. The van der Waals surface area contributed by atoms with Crippen molar-refractivity contribution in [3.8, 4) is 0 Å². The Bertz CT molecular complexity index is 1070. The van der Waals surface area contributed by atoms with Gasteiger partial charge in [-0.15, -0.1) is 0 Å². The van der Waals surface area contributed by atoms with E-state index in [4.69, 9.17) is 0 Å². The van der Waals surface area contributed by atoms with Crippen molar-refractivity contribution in [3.05, 3.63) is 96.3 Å². The molecular weight excluding hydrogens is 403 g/mol. The highest BCUT2D eigenvalue weighted by Crippen LogP contribution is 2.24. The number of carbonyl (C=O) groups excluding carboxylic acids is 1. The van der Waals surface area contributed by atoms with Gasteiger partial charge in [-0.2, -0.15) is 0 Å². The van der Waals surface area contributed by atoms with Crippen LogP contribution >= 0.6 is 0 Å². The van der Waals surface area contributed by atoms with Crippen LogP contribution in [-0.4, -0.2) is 20.9 Å². The summed E-state index contributed by atoms with van der Waals surface area (Å²) in [6, 6.07) is 22.2. The molecular formula is C23H23FN2O3S. The van der Waals surface area contributed by atoms with Crippen LogP contribution in [0.4, 0.5) is 10.1 Å². The molecule has 1 atom stereocenters. The van der Waals surface area contributed by atoms with Gasteiger partial charge in [0.2, 0.25) is 5.91 Å². The molecule has 1 N–H and O–H groups in total. The van der Waals surface area contributed by atoms with E-state index in [1.54, 1.807) is 30.3 Å². The van der Waals surface area contributed by atoms with Gasteiger partial charge in [0.25, 0.3) is 10.0 Å². The third-order valence-electron chi connectivity index (χ3n) is 4.68. The summed E-state index contributed by atoms with van der Waals surface area (Å²) in [4.78, 5) is 12.7. The maximum Gasteiger partial charge on any atom is 0.264 e. The summed E-state index contributed by atoms with van der Waals surface area (Å²) in [5, 5.41) is 2.91. The summed E-state index contributed by atoms with van der Waals surface area (Å²) in [7, 11) is -4.07. The summed E-state index contributed by atoms with van der Waals surface area (Å²) < 4.78 is 40.8. The molecule has 3 aromatic carbocycles. The van der Waals surface area contributed by atoms with Gasteiger partial charge in [0.15, 0.2) is 0 Å². The molecule has 3 aromatic rings. The lowest BCUT2D eigenvalue weighted by Gasteiger charge is -2.25. The number of nitrogens with zero attached hydrogens (tertiary/aromatic N) is 1. The Morgan fingerprint density at radius 2 is 1.50 bits per heavy atom. The molecule has 0 heterocycles. The fraction of sp³-hybridized carbons (Fsp3) is 0.174. The molecule has 0 bridgehead atoms. The highest BCUT2D eigenvalue weighted by molar-refractivity contribution is 7.92. The topological polar surface area (TPSA) is 66.5 Å². The summed E-state index contributed by atoms with van der Waals surface area (Å²) in [6.45, 7) is 1.55. The molecule has 156 valence electrons. The number of nitrogens with one attached hydrogen (secondary N) is 1. The number of sulfonamides is 1. The van der Waals surface area contributed by atoms with Crippen LogP contribution in [0, 0.1) is 5.82 Å². The quantitative estimate of drug-likeness (QED) is 0.584. The van der Waals surface area contributed by atoms with Crippen molar-refractivity contribution in [1.29, 1.82) is 0 Å². The van der Waals surface area contributed by atoms with Crippen molar-refractivity contribution in [3.63, 3.8) is 0 Å². The molecule has 0 saturated carbocycles. The van der Waals surface area contributed by atoms with Gasteiger partial charge in [-0.05, 0) is 48.4 Å². The van der Waals surface area contributed by atoms with E-state index in [2.05, 4.69) is 5.32 Å². The second-order valence-electron chi connectivity index (χ2n) is 6.74. The van der Waals surface area contributed by atoms with Gasteiger partial charge in [-0.25, -0.2) is 12.8 Å². The molecule has 0 saturated heterocycles. The van der Waals surface area contributed by atoms with Crippen molar-refractivity contribution < 1.29 is 17.6 Å². The van der Waals surface area contributed by atoms with E-state index in [9.17, 15) is 17.6 Å². The SMILES string of the molecule is CCC(NC(=O)CN(c1ccccc1)S(=O)(=O)c1ccc(F)cc1)c1ccccc1. The molecule has 3 rings (SSSR count). The van der Waals surface area contributed by atoms with Gasteiger partial charge in [0.05, 0.1) is 16.6 Å². The number of para-hydroxylation sites is 1. The van der Waals surface area contributed by atoms with Crippen LogP contribution in [0.1, 0.15) is 24.9 Å². The Balaban J connectivity index is 1.88. The second-order valence-corrected chi connectivity index (χ2v) is 8.60. The summed E-state index contributed by atoms with van der Waals surface area (Å²) in [5.74, 6) is -0.966. The minimum absolute atomic E-state index is 0.0874. The van der Waals surface area contributed by atoms with E-state index in [-0.39, 0.29) is 10.9 Å². The average Bonchev–Trinajstić information content (AvgIpc) is 2.77. The summed E-state index contributed by atoms with van der Waals surface area (Å²) in [6.07, 6.45) is 0.659. The minimum atomic E-state index is -4.07. The first kappa shape index (κ1) is 21.5. The van der Waals surface area contributed by atoms with Crippen LogP contribution in [0.3, 0.4) is 0 Å². The van der Waals surface area contributed by atoms with E-state index in [1.165, 1.54) is 12.1 Å². The van der Waals surface area contributed by atoms with E-state index < -0.39 is 28.3 Å². The maximum atomic E-state index is 13.3. The first-order valence-corrected chi connectivity index (χ1v) is 11.0. The number of amides is 1. The van der Waals surface area contributed by atoms with Gasteiger partial charge in [-0.3, -0.25) is 9.10 Å². The summed E-state index contributed by atoms with van der Waals surface area (Å²) >= 11 is 0. The van der Waals surface area contributed by atoms with Crippen LogP contribution in [0.2, 0.25) is 0 Å². The van der Waals surface area contributed by atoms with Gasteiger partial charge >= 0.3 is 0 Å². The summed E-state index contributed by atoms with van der Waals surface area (Å²) in [5.41, 5.74) is 1.30. The molecule has 0 aromatic heterocycles. The van der Waals surface area contributed by atoms with Gasteiger partial charge in [0.1, 0.15) is 12.4 Å². The van der Waals surface area contributed by atoms with Crippen molar-refractivity contribution in [1.82, 2.24) is 5.32 Å². The van der Waals surface area contributed by atoms with Crippen molar-refractivity contribution in [2.24, 2.45) is 0 Å². The van der Waals surface area contributed by atoms with E-state index in [0.717, 1.165) is 22.0 Å². The zero-order chi connectivity index (χ0) is 21.6. The Morgan fingerprint density at radius 1 is 0.933 bits per heavy atom. The van der Waals surface area contributed by atoms with Crippen LogP contribution in [0.15, 0.2) is 89.8 Å². The van der Waals surface area contributed by atoms with Crippen molar-refractivity contribution >= 4 is 21.6 Å². The van der Waals surface area contributed by atoms with Crippen LogP contribution in [0.25, 0.3) is 0 Å². The van der Waals surface area contributed by atoms with Crippen LogP contribution in [0.5, 0.6) is 0 Å². The molecule has 30 heavy (non-hydrogen) atoms. The fourth-order valence-corrected chi connectivity index (χ4v) is 4.54. The van der Waals surface area contributed by atoms with E-state index in [1.807, 2.05) is 37.3 Å². The normalized spacial score (nSPS) is 12.2. The zero-order valence-electron chi connectivity index (χ0n) is 16.5. The Hall–Kier alpha value is -3.19. The monoisotopic (exact) mass is 426 g/mol. The third-order valence-corrected chi connectivity index (χ3v) is 6.47. The van der Waals surface area contributed by atoms with Gasteiger partial charge < -0.3 is 5.32 Å². The lowest BCUT2D eigenvalue weighted by molar-refractivity contribution is -0.120. The number of hydrogen-bond donors (Lipinski definition) is 1. The largest absolute Gasteiger partial charge is 0.348 e. The van der Waals surface area contributed by atoms with Crippen molar-refractivity contribution in [2.45, 2.75) is 24.3 Å². The number of benzene rings is 3. The smallest absolute Gasteiger partial charge is 0.264 e. The number of halogens is 1. The first-order chi connectivity index (χ1) is 14.4. The molecule has 0 radical (unpaired) electrons. The maximum absolute atomic E-state index is 13.3. The number of rotatable bonds is 8. The predicted molar refractivity (Wildman–Crippen MR) is 115 cm³/mol. The van der Waals surface area contributed by atoms with Gasteiger partial charge in [0, 0.05) is 0 Å². The molecule has 5 nitrogen and oxygen atoms in total. The molecule has 0 fully saturated rings. The predicted octanol–water partition coefficient (Wildman–Crippen LogP) is 4.29. The molecule has 1 amide bonds. The second kappa shape index (κ2) is 9.54. The highest BCUT2D eigenvalue weighted by Gasteiger charge is 2.28. The van der Waals surface area contributed by atoms with Crippen molar-refractivity contribution in [2.75, 3.05) is 10.8 Å². The van der Waals surface area contributed by atoms with Gasteiger partial charge in [-0.1, -0.05) is 55.5 Å². The number of carbonyl (C=O) groups is 1. The third kappa shape index (κ3) is 5.04. The highest BCUT2D eigenvalue weighted by atomic mass is 32.2. The van der Waals surface area contributed by atoms with E-state index in [0.29, 0.717) is 12.1 Å². The number of anilines is 1. The molecule has 0 aliphatic carbocycles. The van der Waals surface area contributed by atoms with Crippen LogP contribution < -0.4 is 9.62 Å². The fourth-order valence-electron chi connectivity index (χ4n) is 3.12. The average molecular weight is 427 g/mol. The zero-order valence-corrected chi connectivity index (χ0v) is 17.3. The molecule has 1 unspecified atom stereocenters. The number of hydrogen-bond acceptors (Lipinski definition) is 3. The van der Waals surface area contributed by atoms with E-state index >= 15 is 0 Å². The van der Waals surface area contributed by atoms with Crippen LogP contribution in [-0.2, 0) is 14.8 Å². The lowest BCUT2D eigenvalue weighted by atomic mass is 10.0. The molecule has 0 spiro atoms. The minimum Gasteiger partial charge on any atom is -0.348 e. The standard InChI is InChI=1S/C23H23FN2O3S/c1-2-22(18-9-5-3-6-10-18)25-23(27)17-26(20-11-7-4-8-12-20)30(28,29)21-15-13-19(24)14-16-21/h3-16,22H,2,17H2,1H3,(H,25,27). The Morgan fingerprint density at radius 3 is 2.07 bits per heavy atom. The Labute approximate surface area is 176 Å². The lowest BCUT2D eigenvalue weighted by Crippen LogP contribution is -2.42. The molecule has 0 aliphatic heterocycles. The molecule has 0 aliphatic rings. The Kier molecular flexibility index (Phi) is 6.84. The molecule has 7 heteroatoms.